The zero-order valence-corrected chi connectivity index (χ0v) is 18.9. The molecule has 3 N–H and O–H groups in total. The van der Waals surface area contributed by atoms with Crippen LogP contribution in [0.1, 0.15) is 30.1 Å². The van der Waals surface area contributed by atoms with Crippen LogP contribution in [0.3, 0.4) is 0 Å². The molecule has 34 heavy (non-hydrogen) atoms. The largest absolute Gasteiger partial charge is 0.494 e. The predicted molar refractivity (Wildman–Crippen MR) is 123 cm³/mol. The van der Waals surface area contributed by atoms with Gasteiger partial charge in [0.15, 0.2) is 17.4 Å². The lowest BCUT2D eigenvalue weighted by molar-refractivity contribution is -0.139. The Balaban J connectivity index is 1.66. The highest BCUT2D eigenvalue weighted by molar-refractivity contribution is 6.03. The highest BCUT2D eigenvalue weighted by atomic mass is 16.5. The van der Waals surface area contributed by atoms with E-state index < -0.39 is 23.7 Å². The van der Waals surface area contributed by atoms with Gasteiger partial charge in [0.25, 0.3) is 0 Å². The van der Waals surface area contributed by atoms with Crippen molar-refractivity contribution in [2.75, 3.05) is 17.7 Å². The standard InChI is InChI=1S/C23H24N6O5/c1-4-18(30)15-10-24-19(27-22(31)13-8-14(13)23(32)33)9-17(15)26-16-7-5-6-12(20(16)34-3)21-25-11-29(2)28-21/h5-7,9-11,13-14H,4,8H2,1-3H3,(H,32,33)(H2,24,26,27,31)/t13-,14+/m1/s1. The maximum atomic E-state index is 12.6. The number of pyridine rings is 1. The molecule has 0 spiro atoms. The van der Waals surface area contributed by atoms with Crippen LogP contribution in [0.15, 0.2) is 36.8 Å². The van der Waals surface area contributed by atoms with Crippen LogP contribution in [0.2, 0.25) is 0 Å². The summed E-state index contributed by atoms with van der Waals surface area (Å²) in [7, 11) is 3.29. The molecule has 0 saturated heterocycles. The minimum Gasteiger partial charge on any atom is -0.494 e. The lowest BCUT2D eigenvalue weighted by atomic mass is 10.1. The van der Waals surface area contributed by atoms with Crippen molar-refractivity contribution in [2.24, 2.45) is 18.9 Å². The second kappa shape index (κ2) is 9.30. The molecule has 176 valence electrons. The number of Topliss-reactive ketones (excluding diaryl/α,β-unsaturated/α-hetero) is 1. The smallest absolute Gasteiger partial charge is 0.307 e. The molecule has 11 heteroatoms. The third kappa shape index (κ3) is 4.58. The van der Waals surface area contributed by atoms with Crippen molar-refractivity contribution in [2.45, 2.75) is 19.8 Å². The van der Waals surface area contributed by atoms with E-state index in [2.05, 4.69) is 25.7 Å². The Kier molecular flexibility index (Phi) is 6.26. The van der Waals surface area contributed by atoms with E-state index in [1.54, 1.807) is 43.2 Å². The van der Waals surface area contributed by atoms with Gasteiger partial charge in [0.05, 0.1) is 41.4 Å². The van der Waals surface area contributed by atoms with Crippen molar-refractivity contribution < 1.29 is 24.2 Å². The lowest BCUT2D eigenvalue weighted by Crippen LogP contribution is -2.18. The van der Waals surface area contributed by atoms with Crippen LogP contribution >= 0.6 is 0 Å². The Morgan fingerprint density at radius 1 is 1.21 bits per heavy atom. The zero-order valence-electron chi connectivity index (χ0n) is 18.9. The average Bonchev–Trinajstić information content (AvgIpc) is 3.53. The number of carbonyl (C=O) groups excluding carboxylic acids is 2. The third-order valence-electron chi connectivity index (χ3n) is 5.55. The molecular formula is C23H24N6O5. The molecule has 1 aromatic carbocycles. The van der Waals surface area contributed by atoms with E-state index in [-0.39, 0.29) is 18.0 Å². The van der Waals surface area contributed by atoms with Crippen molar-refractivity contribution in [3.05, 3.63) is 42.4 Å². The van der Waals surface area contributed by atoms with Crippen LogP contribution in [0, 0.1) is 11.8 Å². The third-order valence-corrected chi connectivity index (χ3v) is 5.55. The summed E-state index contributed by atoms with van der Waals surface area (Å²) in [5, 5.41) is 19.3. The number of carboxylic acids is 1. The Morgan fingerprint density at radius 3 is 2.62 bits per heavy atom. The minimum absolute atomic E-state index is 0.137. The van der Waals surface area contributed by atoms with Gasteiger partial charge in [0.2, 0.25) is 5.91 Å². The number of aliphatic carboxylic acids is 1. The second-order valence-electron chi connectivity index (χ2n) is 7.92. The molecule has 1 aliphatic rings. The maximum absolute atomic E-state index is 12.6. The van der Waals surface area contributed by atoms with E-state index in [0.717, 1.165) is 0 Å². The molecule has 1 aliphatic carbocycles. The highest BCUT2D eigenvalue weighted by Crippen LogP contribution is 2.40. The number of methoxy groups -OCH3 is 1. The van der Waals surface area contributed by atoms with Crippen LogP contribution < -0.4 is 15.4 Å². The number of hydrogen-bond acceptors (Lipinski definition) is 8. The number of carbonyl (C=O) groups is 3. The molecule has 3 aromatic rings. The second-order valence-corrected chi connectivity index (χ2v) is 7.92. The molecule has 11 nitrogen and oxygen atoms in total. The maximum Gasteiger partial charge on any atom is 0.307 e. The predicted octanol–water partition coefficient (Wildman–Crippen LogP) is 2.88. The number of hydrogen-bond donors (Lipinski definition) is 3. The number of ether oxygens (including phenoxy) is 1. The van der Waals surface area contributed by atoms with E-state index in [9.17, 15) is 14.4 Å². The summed E-state index contributed by atoms with van der Waals surface area (Å²) >= 11 is 0. The van der Waals surface area contributed by atoms with Gasteiger partial charge in [-0.2, -0.15) is 5.10 Å². The fraction of sp³-hybridized carbons (Fsp3) is 0.304. The van der Waals surface area contributed by atoms with Crippen LogP contribution in [-0.2, 0) is 16.6 Å². The van der Waals surface area contributed by atoms with E-state index in [1.165, 1.54) is 13.3 Å². The number of benzene rings is 1. The van der Waals surface area contributed by atoms with E-state index in [0.29, 0.717) is 40.5 Å². The zero-order chi connectivity index (χ0) is 24.4. The van der Waals surface area contributed by atoms with Crippen LogP contribution in [-0.4, -0.2) is 49.6 Å². The van der Waals surface area contributed by atoms with Gasteiger partial charge < -0.3 is 20.5 Å². The molecular weight excluding hydrogens is 440 g/mol. The molecule has 2 heterocycles. The first kappa shape index (κ1) is 22.9. The van der Waals surface area contributed by atoms with Gasteiger partial charge in [-0.15, -0.1) is 0 Å². The normalized spacial score (nSPS) is 16.6. The number of rotatable bonds is 9. The molecule has 4 rings (SSSR count). The van der Waals surface area contributed by atoms with Crippen molar-refractivity contribution in [3.63, 3.8) is 0 Å². The van der Waals surface area contributed by atoms with Crippen molar-refractivity contribution in [1.29, 1.82) is 0 Å². The minimum atomic E-state index is -0.992. The summed E-state index contributed by atoms with van der Waals surface area (Å²) in [6, 6.07) is 6.96. The van der Waals surface area contributed by atoms with E-state index in [1.807, 2.05) is 6.07 Å². The number of anilines is 3. The summed E-state index contributed by atoms with van der Waals surface area (Å²) in [5.74, 6) is -1.64. The molecule has 1 saturated carbocycles. The number of para-hydroxylation sites is 1. The molecule has 0 aliphatic heterocycles. The fourth-order valence-corrected chi connectivity index (χ4v) is 3.66. The first-order valence-corrected chi connectivity index (χ1v) is 10.7. The number of nitrogens with one attached hydrogen (secondary N) is 2. The number of carboxylic acid groups (broad SMARTS) is 1. The van der Waals surface area contributed by atoms with Gasteiger partial charge in [0, 0.05) is 25.7 Å². The molecule has 0 radical (unpaired) electrons. The van der Waals surface area contributed by atoms with Crippen LogP contribution in [0.5, 0.6) is 5.75 Å². The fourth-order valence-electron chi connectivity index (χ4n) is 3.66. The number of aryl methyl sites for hydroxylation is 1. The SMILES string of the molecule is CCC(=O)c1cnc(NC(=O)[C@@H]2C[C@@H]2C(=O)O)cc1Nc1cccc(-c2ncn(C)n2)c1OC. The average molecular weight is 464 g/mol. The molecule has 0 bridgehead atoms. The van der Waals surface area contributed by atoms with Gasteiger partial charge in [-0.1, -0.05) is 13.0 Å². The number of nitrogens with zero attached hydrogens (tertiary/aromatic N) is 4. The Labute approximate surface area is 195 Å². The van der Waals surface area contributed by atoms with Crippen molar-refractivity contribution >= 4 is 34.9 Å². The monoisotopic (exact) mass is 464 g/mol. The first-order chi connectivity index (χ1) is 16.3. The Morgan fingerprint density at radius 2 is 2.00 bits per heavy atom. The number of amides is 1. The van der Waals surface area contributed by atoms with Gasteiger partial charge in [-0.3, -0.25) is 19.1 Å². The molecule has 2 aromatic heterocycles. The molecule has 2 atom stereocenters. The first-order valence-electron chi connectivity index (χ1n) is 10.7. The number of aromatic nitrogens is 4. The van der Waals surface area contributed by atoms with Crippen molar-refractivity contribution in [1.82, 2.24) is 19.7 Å². The van der Waals surface area contributed by atoms with Gasteiger partial charge in [-0.25, -0.2) is 9.97 Å². The highest BCUT2D eigenvalue weighted by Gasteiger charge is 2.48. The van der Waals surface area contributed by atoms with Crippen molar-refractivity contribution in [3.8, 4) is 17.1 Å². The lowest BCUT2D eigenvalue weighted by Gasteiger charge is -2.16. The summed E-state index contributed by atoms with van der Waals surface area (Å²) in [6.45, 7) is 1.74. The Bertz CT molecular complexity index is 1270. The van der Waals surface area contributed by atoms with E-state index in [4.69, 9.17) is 9.84 Å². The van der Waals surface area contributed by atoms with Gasteiger partial charge in [0.1, 0.15) is 12.1 Å². The Hall–Kier alpha value is -4.28. The summed E-state index contributed by atoms with van der Waals surface area (Å²) in [4.78, 5) is 44.5. The van der Waals surface area contributed by atoms with E-state index >= 15 is 0 Å². The summed E-state index contributed by atoms with van der Waals surface area (Å²) in [6.07, 6.45) is 3.53. The summed E-state index contributed by atoms with van der Waals surface area (Å²) in [5.41, 5.74) is 1.99. The quantitative estimate of drug-likeness (QED) is 0.406. The van der Waals surface area contributed by atoms with Gasteiger partial charge >= 0.3 is 5.97 Å². The molecule has 0 unspecified atom stereocenters. The van der Waals surface area contributed by atoms with Crippen LogP contribution in [0.25, 0.3) is 11.4 Å². The van der Waals surface area contributed by atoms with Gasteiger partial charge in [-0.05, 0) is 18.6 Å². The number of ketones is 1. The molecule has 1 amide bonds. The topological polar surface area (TPSA) is 148 Å². The summed E-state index contributed by atoms with van der Waals surface area (Å²) < 4.78 is 7.21. The molecule has 1 fully saturated rings. The van der Waals surface area contributed by atoms with Crippen LogP contribution in [0.4, 0.5) is 17.2 Å².